The molecule has 10 heteroatoms. The molecule has 1 aliphatic carbocycles. The van der Waals surface area contributed by atoms with Crippen molar-refractivity contribution >= 4 is 6.03 Å². The number of carbonyl (C=O) groups excluding carboxylic acids is 1. The van der Waals surface area contributed by atoms with Gasteiger partial charge in [0.05, 0.1) is 5.92 Å². The van der Waals surface area contributed by atoms with E-state index < -0.39 is 49.4 Å². The SMILES string of the molecule is O=C(NCCC(O)C(F)(F)F)NC1CCCC(C(F)(F)F)C1. The number of rotatable bonds is 4. The van der Waals surface area contributed by atoms with E-state index in [1.165, 1.54) is 0 Å². The van der Waals surface area contributed by atoms with E-state index in [4.69, 9.17) is 5.11 Å². The summed E-state index contributed by atoms with van der Waals surface area (Å²) in [5.74, 6) is -1.47. The number of aliphatic hydroxyl groups is 1. The van der Waals surface area contributed by atoms with Gasteiger partial charge in [-0.25, -0.2) is 4.79 Å². The van der Waals surface area contributed by atoms with Crippen LogP contribution < -0.4 is 10.6 Å². The minimum Gasteiger partial charge on any atom is -0.384 e. The summed E-state index contributed by atoms with van der Waals surface area (Å²) in [7, 11) is 0. The van der Waals surface area contributed by atoms with Gasteiger partial charge >= 0.3 is 18.4 Å². The van der Waals surface area contributed by atoms with Crippen molar-refractivity contribution in [2.24, 2.45) is 5.92 Å². The van der Waals surface area contributed by atoms with Gasteiger partial charge in [-0.15, -0.1) is 0 Å². The van der Waals surface area contributed by atoms with Crippen LogP contribution in [0.25, 0.3) is 0 Å². The fourth-order valence-corrected chi connectivity index (χ4v) is 2.34. The van der Waals surface area contributed by atoms with Crippen LogP contribution >= 0.6 is 0 Å². The standard InChI is InChI=1S/C12H18F6N2O2/c13-11(14,15)7-2-1-3-8(6-7)20-10(22)19-5-4-9(21)12(16,17)18/h7-9,21H,1-6H2,(H2,19,20,22). The summed E-state index contributed by atoms with van der Waals surface area (Å²) in [5.41, 5.74) is 0. The molecule has 22 heavy (non-hydrogen) atoms. The molecule has 1 saturated carbocycles. The molecule has 0 aromatic heterocycles. The monoisotopic (exact) mass is 336 g/mol. The molecule has 0 saturated heterocycles. The van der Waals surface area contributed by atoms with E-state index in [1.807, 2.05) is 0 Å². The van der Waals surface area contributed by atoms with Crippen LogP contribution in [0.1, 0.15) is 32.1 Å². The Morgan fingerprint density at radius 1 is 1.18 bits per heavy atom. The molecule has 2 amide bonds. The Bertz CT molecular complexity index is 372. The number of aliphatic hydroxyl groups excluding tert-OH is 1. The maximum absolute atomic E-state index is 12.6. The molecule has 0 aromatic carbocycles. The van der Waals surface area contributed by atoms with E-state index in [9.17, 15) is 31.1 Å². The number of amides is 2. The molecule has 1 aliphatic rings. The van der Waals surface area contributed by atoms with Gasteiger partial charge in [0.2, 0.25) is 0 Å². The zero-order valence-corrected chi connectivity index (χ0v) is 11.6. The zero-order chi connectivity index (χ0) is 17.0. The van der Waals surface area contributed by atoms with Crippen molar-refractivity contribution < 1.29 is 36.2 Å². The number of carbonyl (C=O) groups is 1. The molecule has 0 radical (unpaired) electrons. The number of hydrogen-bond acceptors (Lipinski definition) is 2. The molecule has 0 bridgehead atoms. The maximum Gasteiger partial charge on any atom is 0.414 e. The number of urea groups is 1. The predicted octanol–water partition coefficient (Wildman–Crippen LogP) is 2.72. The third-order valence-corrected chi connectivity index (χ3v) is 3.55. The predicted molar refractivity (Wildman–Crippen MR) is 65.0 cm³/mol. The molecule has 4 nitrogen and oxygen atoms in total. The molecule has 1 fully saturated rings. The van der Waals surface area contributed by atoms with Crippen molar-refractivity contribution in [2.45, 2.75) is 56.6 Å². The highest BCUT2D eigenvalue weighted by molar-refractivity contribution is 5.74. The first-order valence-electron chi connectivity index (χ1n) is 6.86. The topological polar surface area (TPSA) is 61.4 Å². The lowest BCUT2D eigenvalue weighted by atomic mass is 9.85. The van der Waals surface area contributed by atoms with Gasteiger partial charge in [0, 0.05) is 12.6 Å². The summed E-state index contributed by atoms with van der Waals surface area (Å²) in [5, 5.41) is 13.1. The first-order chi connectivity index (χ1) is 10.00. The largest absolute Gasteiger partial charge is 0.414 e. The smallest absolute Gasteiger partial charge is 0.384 e. The van der Waals surface area contributed by atoms with Crippen LogP contribution in [0.2, 0.25) is 0 Å². The van der Waals surface area contributed by atoms with Gasteiger partial charge in [0.25, 0.3) is 0 Å². The summed E-state index contributed by atoms with van der Waals surface area (Å²) in [4.78, 5) is 11.4. The summed E-state index contributed by atoms with van der Waals surface area (Å²) < 4.78 is 73.8. The van der Waals surface area contributed by atoms with E-state index >= 15 is 0 Å². The highest BCUT2D eigenvalue weighted by atomic mass is 19.4. The van der Waals surface area contributed by atoms with Crippen molar-refractivity contribution in [3.05, 3.63) is 0 Å². The Balaban J connectivity index is 2.30. The van der Waals surface area contributed by atoms with Gasteiger partial charge in [-0.3, -0.25) is 0 Å². The average Bonchev–Trinajstić information content (AvgIpc) is 2.36. The van der Waals surface area contributed by atoms with E-state index in [0.29, 0.717) is 12.8 Å². The van der Waals surface area contributed by atoms with Crippen LogP contribution in [0.15, 0.2) is 0 Å². The molecular weight excluding hydrogens is 318 g/mol. The molecule has 0 aliphatic heterocycles. The van der Waals surface area contributed by atoms with Crippen LogP contribution in [-0.2, 0) is 0 Å². The van der Waals surface area contributed by atoms with Crippen molar-refractivity contribution in [3.63, 3.8) is 0 Å². The zero-order valence-electron chi connectivity index (χ0n) is 11.6. The van der Waals surface area contributed by atoms with E-state index in [0.717, 1.165) is 0 Å². The Hall–Kier alpha value is -1.19. The van der Waals surface area contributed by atoms with Crippen molar-refractivity contribution in [1.29, 1.82) is 0 Å². The summed E-state index contributed by atoms with van der Waals surface area (Å²) in [6.07, 6.45) is -11.8. The highest BCUT2D eigenvalue weighted by Gasteiger charge is 2.42. The number of nitrogens with one attached hydrogen (secondary N) is 2. The van der Waals surface area contributed by atoms with Gasteiger partial charge in [-0.05, 0) is 25.7 Å². The minimum atomic E-state index is -4.76. The quantitative estimate of drug-likeness (QED) is 0.692. The average molecular weight is 336 g/mol. The van der Waals surface area contributed by atoms with Crippen molar-refractivity contribution in [2.75, 3.05) is 6.54 Å². The van der Waals surface area contributed by atoms with Crippen LogP contribution in [0.3, 0.4) is 0 Å². The first kappa shape index (κ1) is 18.9. The minimum absolute atomic E-state index is 0.0150. The van der Waals surface area contributed by atoms with Gasteiger partial charge in [0.1, 0.15) is 0 Å². The van der Waals surface area contributed by atoms with Crippen LogP contribution in [-0.4, -0.2) is 42.2 Å². The molecule has 3 atom stereocenters. The lowest BCUT2D eigenvalue weighted by Crippen LogP contribution is -2.46. The summed E-state index contributed by atoms with van der Waals surface area (Å²) in [6.45, 7) is -0.429. The van der Waals surface area contributed by atoms with E-state index in [-0.39, 0.29) is 12.8 Å². The third kappa shape index (κ3) is 6.29. The van der Waals surface area contributed by atoms with Gasteiger partial charge < -0.3 is 15.7 Å². The number of hydrogen-bond donors (Lipinski definition) is 3. The van der Waals surface area contributed by atoms with Crippen LogP contribution in [0.4, 0.5) is 31.1 Å². The van der Waals surface area contributed by atoms with Gasteiger partial charge in [-0.1, -0.05) is 6.42 Å². The number of halogens is 6. The third-order valence-electron chi connectivity index (χ3n) is 3.55. The normalized spacial score (nSPS) is 24.7. The summed E-state index contributed by atoms with van der Waals surface area (Å²) in [6, 6.07) is -1.49. The molecule has 0 heterocycles. The Morgan fingerprint density at radius 3 is 2.36 bits per heavy atom. The molecule has 1 rings (SSSR count). The molecular formula is C12H18F6N2O2. The molecule has 3 unspecified atom stereocenters. The lowest BCUT2D eigenvalue weighted by molar-refractivity contribution is -0.204. The Morgan fingerprint density at radius 2 is 1.82 bits per heavy atom. The Labute approximate surface area is 123 Å². The number of alkyl halides is 6. The Kier molecular flexibility index (Phi) is 6.33. The molecule has 130 valence electrons. The van der Waals surface area contributed by atoms with E-state index in [1.54, 1.807) is 0 Å². The fourth-order valence-electron chi connectivity index (χ4n) is 2.34. The fraction of sp³-hybridized carbons (Fsp3) is 0.917. The van der Waals surface area contributed by atoms with Gasteiger partial charge in [-0.2, -0.15) is 26.3 Å². The van der Waals surface area contributed by atoms with Crippen LogP contribution in [0.5, 0.6) is 0 Å². The molecule has 3 N–H and O–H groups in total. The second-order valence-corrected chi connectivity index (χ2v) is 5.35. The lowest BCUT2D eigenvalue weighted by Gasteiger charge is -2.31. The van der Waals surface area contributed by atoms with Crippen molar-refractivity contribution in [3.8, 4) is 0 Å². The second-order valence-electron chi connectivity index (χ2n) is 5.35. The van der Waals surface area contributed by atoms with Crippen LogP contribution in [0, 0.1) is 5.92 Å². The van der Waals surface area contributed by atoms with Gasteiger partial charge in [0.15, 0.2) is 6.10 Å². The maximum atomic E-state index is 12.6. The highest BCUT2D eigenvalue weighted by Crippen LogP contribution is 2.37. The van der Waals surface area contributed by atoms with E-state index in [2.05, 4.69) is 10.6 Å². The summed E-state index contributed by atoms with van der Waals surface area (Å²) >= 11 is 0. The first-order valence-corrected chi connectivity index (χ1v) is 6.86. The second kappa shape index (κ2) is 7.38. The molecule has 0 spiro atoms. The molecule has 0 aromatic rings. The van der Waals surface area contributed by atoms with Crippen molar-refractivity contribution in [1.82, 2.24) is 10.6 Å².